The summed E-state index contributed by atoms with van der Waals surface area (Å²) in [5.74, 6) is 1.65. The summed E-state index contributed by atoms with van der Waals surface area (Å²) in [6, 6.07) is -0.838. The molecule has 2 N–H and O–H groups in total. The largest absolute Gasteiger partial charge is 0.467 e. The number of esters is 1. The number of allylic oxidation sites excluding steroid dienone is 2. The van der Waals surface area contributed by atoms with Crippen LogP contribution >= 0.6 is 0 Å². The highest BCUT2D eigenvalue weighted by molar-refractivity contribution is 5.96. The van der Waals surface area contributed by atoms with E-state index in [2.05, 4.69) is 40.4 Å². The van der Waals surface area contributed by atoms with Crippen molar-refractivity contribution in [3.8, 4) is 0 Å². The molecule has 212 valence electrons. The van der Waals surface area contributed by atoms with E-state index in [1.54, 1.807) is 13.1 Å². The summed E-state index contributed by atoms with van der Waals surface area (Å²) in [6.45, 7) is 6.35. The van der Waals surface area contributed by atoms with Gasteiger partial charge in [-0.3, -0.25) is 9.59 Å². The van der Waals surface area contributed by atoms with Gasteiger partial charge in [-0.25, -0.2) is 9.78 Å². The highest BCUT2D eigenvalue weighted by atomic mass is 16.6. The molecule has 0 bridgehead atoms. The van der Waals surface area contributed by atoms with Gasteiger partial charge >= 0.3 is 5.97 Å². The number of aromatic nitrogens is 2. The van der Waals surface area contributed by atoms with Crippen molar-refractivity contribution in [3.05, 3.63) is 29.9 Å². The molecule has 3 fully saturated rings. The second kappa shape index (κ2) is 10.9. The first-order valence-corrected chi connectivity index (χ1v) is 14.4. The van der Waals surface area contributed by atoms with Crippen LogP contribution in [0, 0.1) is 34.5 Å². The number of hydrogen-bond acceptors (Lipinski definition) is 7. The van der Waals surface area contributed by atoms with Crippen LogP contribution < -0.4 is 5.32 Å². The first kappa shape index (κ1) is 27.6. The van der Waals surface area contributed by atoms with Crippen LogP contribution in [-0.2, 0) is 30.4 Å². The normalized spacial score (nSPS) is 35.2. The van der Waals surface area contributed by atoms with Crippen LogP contribution in [0.5, 0.6) is 0 Å². The van der Waals surface area contributed by atoms with Crippen LogP contribution in [0.3, 0.4) is 0 Å². The lowest BCUT2D eigenvalue weighted by Crippen LogP contribution is -2.51. The van der Waals surface area contributed by atoms with Gasteiger partial charge in [0.25, 0.3) is 5.91 Å². The number of methoxy groups -OCH3 is 1. The van der Waals surface area contributed by atoms with Gasteiger partial charge in [0.15, 0.2) is 6.61 Å². The van der Waals surface area contributed by atoms with E-state index in [9.17, 15) is 14.4 Å². The van der Waals surface area contributed by atoms with E-state index < -0.39 is 17.9 Å². The predicted octanol–water partition coefficient (Wildman–Crippen LogP) is 4.15. The minimum Gasteiger partial charge on any atom is -0.467 e. The highest BCUT2D eigenvalue weighted by Crippen LogP contribution is 2.66. The number of hydrogen-bond donors (Lipinski definition) is 2. The van der Waals surface area contributed by atoms with Gasteiger partial charge in [0.2, 0.25) is 0 Å². The van der Waals surface area contributed by atoms with Gasteiger partial charge in [0.05, 0.1) is 19.1 Å². The molecule has 1 aromatic heterocycles. The van der Waals surface area contributed by atoms with Crippen molar-refractivity contribution in [3.63, 3.8) is 0 Å². The number of carbonyl (C=O) groups is 3. The highest BCUT2D eigenvalue weighted by Gasteiger charge is 2.59. The van der Waals surface area contributed by atoms with E-state index in [0.717, 1.165) is 37.8 Å². The lowest BCUT2D eigenvalue weighted by molar-refractivity contribution is -0.145. The number of ether oxygens (including phenoxy) is 1. The third kappa shape index (κ3) is 5.16. The van der Waals surface area contributed by atoms with Gasteiger partial charge in [0, 0.05) is 24.2 Å². The van der Waals surface area contributed by atoms with Crippen LogP contribution in [0.4, 0.5) is 0 Å². The van der Waals surface area contributed by atoms with Crippen LogP contribution in [0.25, 0.3) is 0 Å². The molecule has 0 aliphatic heterocycles. The molecular formula is C30H42N4O5. The lowest BCUT2D eigenvalue weighted by Gasteiger charge is -2.58. The molecule has 3 saturated carbocycles. The average Bonchev–Trinajstić information content (AvgIpc) is 3.55. The fourth-order valence-electron chi connectivity index (χ4n) is 8.67. The summed E-state index contributed by atoms with van der Waals surface area (Å²) in [7, 11) is 1.29. The molecule has 7 atom stereocenters. The molecule has 1 heterocycles. The van der Waals surface area contributed by atoms with Crippen LogP contribution in [-0.4, -0.2) is 53.1 Å². The fourth-order valence-corrected chi connectivity index (χ4v) is 8.67. The topological polar surface area (TPSA) is 123 Å². The number of Topliss-reactive ketones (excluding diaryl/α,β-unsaturated/α-hetero) is 1. The molecule has 5 rings (SSSR count). The summed E-state index contributed by atoms with van der Waals surface area (Å²) in [6.07, 6.45) is 14.2. The second-order valence-electron chi connectivity index (χ2n) is 12.6. The molecule has 0 aromatic carbocycles. The zero-order chi connectivity index (χ0) is 27.8. The molecule has 4 aliphatic rings. The zero-order valence-electron chi connectivity index (χ0n) is 23.6. The number of carbonyl (C=O) groups excluding carboxylic acids is 3. The number of imidazole rings is 1. The van der Waals surface area contributed by atoms with Crippen molar-refractivity contribution < 1.29 is 24.0 Å². The Balaban J connectivity index is 1.19. The predicted molar refractivity (Wildman–Crippen MR) is 145 cm³/mol. The summed E-state index contributed by atoms with van der Waals surface area (Å²) < 4.78 is 4.82. The molecule has 39 heavy (non-hydrogen) atoms. The fraction of sp³-hybridized carbons (Fsp3) is 0.700. The van der Waals surface area contributed by atoms with Crippen molar-refractivity contribution in [1.82, 2.24) is 15.3 Å². The number of nitrogens with one attached hydrogen (secondary N) is 2. The van der Waals surface area contributed by atoms with E-state index in [0.29, 0.717) is 29.2 Å². The van der Waals surface area contributed by atoms with E-state index in [4.69, 9.17) is 9.57 Å². The van der Waals surface area contributed by atoms with Crippen LogP contribution in [0.2, 0.25) is 0 Å². The van der Waals surface area contributed by atoms with Gasteiger partial charge in [0.1, 0.15) is 11.8 Å². The quantitative estimate of drug-likeness (QED) is 0.379. The third-order valence-corrected chi connectivity index (χ3v) is 10.6. The zero-order valence-corrected chi connectivity index (χ0v) is 23.6. The molecule has 0 spiro atoms. The molecule has 1 aromatic rings. The number of ketones is 1. The van der Waals surface area contributed by atoms with Gasteiger partial charge in [-0.15, -0.1) is 0 Å². The Morgan fingerprint density at radius 1 is 1.15 bits per heavy atom. The number of aromatic amines is 1. The van der Waals surface area contributed by atoms with Gasteiger partial charge in [-0.05, 0) is 93.0 Å². The van der Waals surface area contributed by atoms with E-state index in [1.165, 1.54) is 38.3 Å². The maximum absolute atomic E-state index is 12.5. The van der Waals surface area contributed by atoms with Crippen molar-refractivity contribution in [2.45, 2.75) is 84.6 Å². The van der Waals surface area contributed by atoms with Crippen molar-refractivity contribution in [2.75, 3.05) is 13.7 Å². The van der Waals surface area contributed by atoms with Gasteiger partial charge < -0.3 is 19.9 Å². The molecule has 9 nitrogen and oxygen atoms in total. The lowest BCUT2D eigenvalue weighted by atomic mass is 9.46. The average molecular weight is 539 g/mol. The van der Waals surface area contributed by atoms with Gasteiger partial charge in [-0.1, -0.05) is 24.6 Å². The molecule has 0 saturated heterocycles. The summed E-state index contributed by atoms with van der Waals surface area (Å²) in [5, 5.41) is 6.97. The standard InChI is InChI=1S/C30H42N4O5/c1-18(35)23-7-8-24-22-6-5-19-13-20(9-11-29(19,2)25(22)10-12-30(23,24)3)34-39-16-27(36)33-26(28(37)38-4)14-21-15-31-17-32-21/h13,15,17,22-26H,5-12,14,16H2,1-4H3,(H,31,32)(H,33,36)/b34-20+/t22-,23+,24-,25-,26-,29-,30+/m0/s1. The van der Waals surface area contributed by atoms with Crippen LogP contribution in [0.1, 0.15) is 77.8 Å². The molecule has 1 amide bonds. The Kier molecular flexibility index (Phi) is 7.71. The maximum Gasteiger partial charge on any atom is 0.328 e. The van der Waals surface area contributed by atoms with E-state index >= 15 is 0 Å². The van der Waals surface area contributed by atoms with E-state index in [1.807, 2.05) is 0 Å². The molecule has 0 radical (unpaired) electrons. The smallest absolute Gasteiger partial charge is 0.328 e. The Labute approximate surface area is 230 Å². The van der Waals surface area contributed by atoms with E-state index in [-0.39, 0.29) is 29.8 Å². The summed E-state index contributed by atoms with van der Waals surface area (Å²) >= 11 is 0. The molecule has 0 unspecified atom stereocenters. The molecule has 4 aliphatic carbocycles. The number of H-pyrrole nitrogens is 1. The van der Waals surface area contributed by atoms with Crippen molar-refractivity contribution in [1.29, 1.82) is 0 Å². The SMILES string of the molecule is COC(=O)[C@H](Cc1cnc[nH]1)NC(=O)CO/N=C1/C=C2CC[C@H]3[C@@H]4CC[C@H](C(C)=O)[C@@]4(C)CC[C@@H]3[C@@]2(C)CC1. The number of oxime groups is 1. The summed E-state index contributed by atoms with van der Waals surface area (Å²) in [4.78, 5) is 49.3. The molecule has 9 heteroatoms. The number of rotatable bonds is 8. The first-order valence-electron chi connectivity index (χ1n) is 14.4. The minimum atomic E-state index is -0.838. The van der Waals surface area contributed by atoms with Crippen molar-refractivity contribution in [2.24, 2.45) is 39.7 Å². The third-order valence-electron chi connectivity index (χ3n) is 10.6. The first-order chi connectivity index (χ1) is 18.7. The number of nitrogens with zero attached hydrogens (tertiary/aromatic N) is 2. The Morgan fingerprint density at radius 3 is 2.69 bits per heavy atom. The number of amides is 1. The Morgan fingerprint density at radius 2 is 1.97 bits per heavy atom. The monoisotopic (exact) mass is 538 g/mol. The maximum atomic E-state index is 12.5. The van der Waals surface area contributed by atoms with Crippen LogP contribution in [0.15, 0.2) is 29.3 Å². The second-order valence-corrected chi connectivity index (χ2v) is 12.6. The Bertz CT molecular complexity index is 1160. The summed E-state index contributed by atoms with van der Waals surface area (Å²) in [5.41, 5.74) is 3.37. The Hall–Kier alpha value is -2.97. The number of fused-ring (bicyclic) bond motifs is 5. The van der Waals surface area contributed by atoms with Crippen molar-refractivity contribution >= 4 is 23.4 Å². The molecular weight excluding hydrogens is 496 g/mol. The minimum absolute atomic E-state index is 0.162. The van der Waals surface area contributed by atoms with Gasteiger partial charge in [-0.2, -0.15) is 0 Å².